The normalized spacial score (nSPS) is 21.2. The molecule has 110 valence electrons. The monoisotopic (exact) mass is 270 g/mol. The van der Waals surface area contributed by atoms with E-state index in [0.717, 1.165) is 25.7 Å². The Morgan fingerprint density at radius 3 is 2.32 bits per heavy atom. The maximum Gasteiger partial charge on any atom is 0.315 e. The van der Waals surface area contributed by atoms with Crippen molar-refractivity contribution in [1.82, 2.24) is 10.6 Å². The molecule has 1 unspecified atom stereocenters. The quantitative estimate of drug-likeness (QED) is 0.718. The van der Waals surface area contributed by atoms with Crippen LogP contribution in [-0.2, 0) is 4.79 Å². The summed E-state index contributed by atoms with van der Waals surface area (Å²) in [7, 11) is 0. The van der Waals surface area contributed by atoms with E-state index in [9.17, 15) is 9.59 Å². The zero-order valence-corrected chi connectivity index (χ0v) is 12.2. The van der Waals surface area contributed by atoms with E-state index >= 15 is 0 Å². The first-order valence-corrected chi connectivity index (χ1v) is 7.11. The van der Waals surface area contributed by atoms with Gasteiger partial charge in [0.15, 0.2) is 0 Å². The molecule has 2 amide bonds. The minimum absolute atomic E-state index is 0.145. The number of hydrogen-bond acceptors (Lipinski definition) is 2. The van der Waals surface area contributed by atoms with E-state index in [1.165, 1.54) is 6.42 Å². The minimum atomic E-state index is -0.898. The molecule has 1 atom stereocenters. The van der Waals surface area contributed by atoms with Crippen molar-refractivity contribution in [3.63, 3.8) is 0 Å². The predicted octanol–water partition coefficient (Wildman–Crippen LogP) is 2.51. The molecule has 5 nitrogen and oxygen atoms in total. The van der Waals surface area contributed by atoms with Gasteiger partial charge in [0.05, 0.1) is 5.41 Å². The Bertz CT molecular complexity index is 338. The summed E-state index contributed by atoms with van der Waals surface area (Å²) < 4.78 is 0. The van der Waals surface area contributed by atoms with E-state index in [-0.39, 0.29) is 18.1 Å². The van der Waals surface area contributed by atoms with Gasteiger partial charge in [0, 0.05) is 12.1 Å². The van der Waals surface area contributed by atoms with Crippen molar-refractivity contribution in [2.24, 2.45) is 5.41 Å². The number of carboxylic acids is 1. The second-order valence-electron chi connectivity index (χ2n) is 6.15. The number of carboxylic acid groups (broad SMARTS) is 1. The number of nitrogens with one attached hydrogen (secondary N) is 2. The molecule has 0 aromatic carbocycles. The Labute approximate surface area is 115 Å². The summed E-state index contributed by atoms with van der Waals surface area (Å²) in [5.41, 5.74) is -1.04. The molecule has 0 saturated heterocycles. The summed E-state index contributed by atoms with van der Waals surface area (Å²) in [5.74, 6) is -0.876. The van der Waals surface area contributed by atoms with Crippen molar-refractivity contribution in [2.75, 3.05) is 6.54 Å². The fourth-order valence-electron chi connectivity index (χ4n) is 2.40. The second-order valence-corrected chi connectivity index (χ2v) is 6.15. The second kappa shape index (κ2) is 6.26. The Hall–Kier alpha value is -1.26. The molecule has 0 radical (unpaired) electrons. The topological polar surface area (TPSA) is 78.4 Å². The smallest absolute Gasteiger partial charge is 0.315 e. The first-order chi connectivity index (χ1) is 8.81. The number of urea groups is 1. The van der Waals surface area contributed by atoms with Crippen LogP contribution in [0.2, 0.25) is 0 Å². The van der Waals surface area contributed by atoms with E-state index in [0.29, 0.717) is 6.42 Å². The van der Waals surface area contributed by atoms with Crippen LogP contribution in [0.1, 0.15) is 59.3 Å². The molecule has 1 fully saturated rings. The van der Waals surface area contributed by atoms with Crippen molar-refractivity contribution in [2.45, 2.75) is 64.8 Å². The van der Waals surface area contributed by atoms with E-state index in [2.05, 4.69) is 17.6 Å². The largest absolute Gasteiger partial charge is 0.481 e. The average molecular weight is 270 g/mol. The number of amides is 2. The summed E-state index contributed by atoms with van der Waals surface area (Å²) in [6, 6.07) is -0.259. The van der Waals surface area contributed by atoms with Crippen molar-refractivity contribution in [1.29, 1.82) is 0 Å². The number of carbonyl (C=O) groups excluding carboxylic acids is 1. The van der Waals surface area contributed by atoms with Crippen LogP contribution in [0, 0.1) is 5.41 Å². The fourth-order valence-corrected chi connectivity index (χ4v) is 2.40. The highest BCUT2D eigenvalue weighted by Crippen LogP contribution is 2.27. The van der Waals surface area contributed by atoms with Gasteiger partial charge < -0.3 is 15.7 Å². The van der Waals surface area contributed by atoms with Crippen LogP contribution in [-0.4, -0.2) is 29.2 Å². The van der Waals surface area contributed by atoms with Crippen LogP contribution >= 0.6 is 0 Å². The van der Waals surface area contributed by atoms with Crippen molar-refractivity contribution < 1.29 is 14.7 Å². The molecule has 19 heavy (non-hydrogen) atoms. The van der Waals surface area contributed by atoms with Crippen LogP contribution in [0.3, 0.4) is 0 Å². The maximum atomic E-state index is 11.9. The third kappa shape index (κ3) is 4.40. The molecule has 1 aliphatic carbocycles. The van der Waals surface area contributed by atoms with Gasteiger partial charge >= 0.3 is 12.0 Å². The van der Waals surface area contributed by atoms with Gasteiger partial charge in [0.2, 0.25) is 0 Å². The van der Waals surface area contributed by atoms with Gasteiger partial charge in [0.1, 0.15) is 0 Å². The molecular formula is C14H26N2O3. The maximum absolute atomic E-state index is 11.9. The van der Waals surface area contributed by atoms with Gasteiger partial charge in [-0.15, -0.1) is 0 Å². The van der Waals surface area contributed by atoms with Gasteiger partial charge in [0.25, 0.3) is 0 Å². The number of rotatable bonds is 5. The highest BCUT2D eigenvalue weighted by atomic mass is 16.4. The summed E-state index contributed by atoms with van der Waals surface area (Å²) in [4.78, 5) is 23.0. The average Bonchev–Trinajstić information content (AvgIpc) is 2.36. The third-order valence-electron chi connectivity index (χ3n) is 4.31. The Morgan fingerprint density at radius 1 is 1.26 bits per heavy atom. The Balaban J connectivity index is 2.45. The van der Waals surface area contributed by atoms with Crippen LogP contribution in [0.5, 0.6) is 0 Å². The Morgan fingerprint density at radius 2 is 1.84 bits per heavy atom. The zero-order chi connectivity index (χ0) is 14.5. The molecule has 0 bridgehead atoms. The molecule has 3 N–H and O–H groups in total. The van der Waals surface area contributed by atoms with Gasteiger partial charge in [-0.2, -0.15) is 0 Å². The lowest BCUT2D eigenvalue weighted by molar-refractivity contribution is -0.147. The lowest BCUT2D eigenvalue weighted by Crippen LogP contribution is -2.53. The number of carbonyl (C=O) groups is 2. The van der Waals surface area contributed by atoms with Crippen LogP contribution < -0.4 is 10.6 Å². The van der Waals surface area contributed by atoms with Crippen LogP contribution in [0.25, 0.3) is 0 Å². The number of aliphatic carboxylic acids is 1. The molecule has 0 spiro atoms. The molecule has 0 aliphatic heterocycles. The van der Waals surface area contributed by atoms with E-state index in [1.807, 2.05) is 6.92 Å². The SMILES string of the molecule is CCC(C)(CNC(=O)NC1(C)CCCCC1)C(=O)O. The van der Waals surface area contributed by atoms with Crippen molar-refractivity contribution >= 4 is 12.0 Å². The molecule has 1 saturated carbocycles. The van der Waals surface area contributed by atoms with Gasteiger partial charge in [-0.3, -0.25) is 4.79 Å². The lowest BCUT2D eigenvalue weighted by atomic mass is 9.83. The summed E-state index contributed by atoms with van der Waals surface area (Å²) in [5, 5.41) is 14.8. The third-order valence-corrected chi connectivity index (χ3v) is 4.31. The van der Waals surface area contributed by atoms with Gasteiger partial charge in [-0.05, 0) is 33.1 Å². The van der Waals surface area contributed by atoms with E-state index < -0.39 is 11.4 Å². The summed E-state index contributed by atoms with van der Waals surface area (Å²) in [6.45, 7) is 5.68. The van der Waals surface area contributed by atoms with Crippen molar-refractivity contribution in [3.8, 4) is 0 Å². The van der Waals surface area contributed by atoms with E-state index in [4.69, 9.17) is 5.11 Å². The van der Waals surface area contributed by atoms with Crippen LogP contribution in [0.4, 0.5) is 4.79 Å². The molecular weight excluding hydrogens is 244 g/mol. The van der Waals surface area contributed by atoms with Crippen molar-refractivity contribution in [3.05, 3.63) is 0 Å². The number of hydrogen-bond donors (Lipinski definition) is 3. The first-order valence-electron chi connectivity index (χ1n) is 7.11. The molecule has 0 heterocycles. The molecule has 0 aromatic rings. The highest BCUT2D eigenvalue weighted by Gasteiger charge is 2.33. The first kappa shape index (κ1) is 15.8. The lowest BCUT2D eigenvalue weighted by Gasteiger charge is -2.35. The Kier molecular flexibility index (Phi) is 5.20. The van der Waals surface area contributed by atoms with Gasteiger partial charge in [-0.25, -0.2) is 4.79 Å². The minimum Gasteiger partial charge on any atom is -0.481 e. The summed E-state index contributed by atoms with van der Waals surface area (Å²) >= 11 is 0. The predicted molar refractivity (Wildman–Crippen MR) is 74.1 cm³/mol. The van der Waals surface area contributed by atoms with Crippen LogP contribution in [0.15, 0.2) is 0 Å². The molecule has 1 rings (SSSR count). The van der Waals surface area contributed by atoms with E-state index in [1.54, 1.807) is 6.92 Å². The molecule has 5 heteroatoms. The summed E-state index contributed by atoms with van der Waals surface area (Å²) in [6.07, 6.45) is 5.97. The van der Waals surface area contributed by atoms with Gasteiger partial charge in [-0.1, -0.05) is 26.2 Å². The molecule has 1 aliphatic rings. The fraction of sp³-hybridized carbons (Fsp3) is 0.857. The zero-order valence-electron chi connectivity index (χ0n) is 12.2. The highest BCUT2D eigenvalue weighted by molar-refractivity contribution is 5.78. The molecule has 0 aromatic heterocycles. The standard InChI is InChI=1S/C14H26N2O3/c1-4-13(2,11(17)18)10-15-12(19)16-14(3)8-6-5-7-9-14/h4-10H2,1-3H3,(H,17,18)(H2,15,16,19).